The summed E-state index contributed by atoms with van der Waals surface area (Å²) in [7, 11) is 1.59. The number of aromatic nitrogens is 1. The molecule has 0 aliphatic rings. The molecule has 0 atom stereocenters. The predicted molar refractivity (Wildman–Crippen MR) is 108 cm³/mol. The zero-order valence-electron chi connectivity index (χ0n) is 15.8. The van der Waals surface area contributed by atoms with Crippen molar-refractivity contribution in [2.45, 2.75) is 6.92 Å². The van der Waals surface area contributed by atoms with E-state index in [9.17, 15) is 9.59 Å². The molecule has 0 fully saturated rings. The maximum atomic E-state index is 12.7. The van der Waals surface area contributed by atoms with E-state index >= 15 is 0 Å². The summed E-state index contributed by atoms with van der Waals surface area (Å²) < 4.78 is 16.1. The quantitative estimate of drug-likeness (QED) is 0.294. The lowest BCUT2D eigenvalue weighted by Crippen LogP contribution is -2.09. The monoisotopic (exact) mass is 387 g/mol. The summed E-state index contributed by atoms with van der Waals surface area (Å²) >= 11 is 0. The van der Waals surface area contributed by atoms with Crippen molar-refractivity contribution in [2.75, 3.05) is 7.11 Å². The highest BCUT2D eigenvalue weighted by Gasteiger charge is 2.15. The fourth-order valence-electron chi connectivity index (χ4n) is 3.15. The van der Waals surface area contributed by atoms with Crippen LogP contribution >= 0.6 is 0 Å². The van der Waals surface area contributed by atoms with Crippen LogP contribution in [0.25, 0.3) is 22.1 Å². The summed E-state index contributed by atoms with van der Waals surface area (Å²) in [6.45, 7) is 1.86. The lowest BCUT2D eigenvalue weighted by Gasteiger charge is -2.10. The number of ether oxygens (including phenoxy) is 2. The van der Waals surface area contributed by atoms with Gasteiger partial charge in [0.1, 0.15) is 17.1 Å². The molecule has 0 radical (unpaired) electrons. The highest BCUT2D eigenvalue weighted by Crippen LogP contribution is 2.30. The van der Waals surface area contributed by atoms with Crippen LogP contribution in [-0.4, -0.2) is 18.1 Å². The molecular weight excluding hydrogens is 370 g/mol. The molecular formula is C23H17NO5. The molecule has 0 saturated heterocycles. The van der Waals surface area contributed by atoms with E-state index in [0.717, 1.165) is 16.5 Å². The van der Waals surface area contributed by atoms with Crippen molar-refractivity contribution < 1.29 is 18.7 Å². The van der Waals surface area contributed by atoms with Gasteiger partial charge in [0, 0.05) is 23.8 Å². The molecule has 2 aromatic heterocycles. The fraction of sp³-hybridized carbons (Fsp3) is 0.0870. The maximum Gasteiger partial charge on any atom is 0.344 e. The summed E-state index contributed by atoms with van der Waals surface area (Å²) in [5.74, 6) is 0.483. The third kappa shape index (κ3) is 3.60. The largest absolute Gasteiger partial charge is 0.497 e. The van der Waals surface area contributed by atoms with Gasteiger partial charge in [-0.1, -0.05) is 12.1 Å². The zero-order valence-corrected chi connectivity index (χ0v) is 15.8. The number of rotatable bonds is 4. The molecule has 0 N–H and O–H groups in total. The van der Waals surface area contributed by atoms with Crippen LogP contribution in [0.2, 0.25) is 0 Å². The summed E-state index contributed by atoms with van der Waals surface area (Å²) in [5, 5.41) is 0.763. The number of carbonyl (C=O) groups excluding carboxylic acids is 1. The van der Waals surface area contributed by atoms with Crippen molar-refractivity contribution in [1.29, 1.82) is 0 Å². The zero-order chi connectivity index (χ0) is 20.4. The molecule has 6 nitrogen and oxygen atoms in total. The van der Waals surface area contributed by atoms with Crippen LogP contribution in [0.4, 0.5) is 0 Å². The minimum Gasteiger partial charge on any atom is -0.497 e. The molecule has 0 saturated carbocycles. The van der Waals surface area contributed by atoms with Crippen LogP contribution in [0.3, 0.4) is 0 Å². The van der Waals surface area contributed by atoms with Gasteiger partial charge in [-0.3, -0.25) is 4.98 Å². The minimum atomic E-state index is -0.513. The van der Waals surface area contributed by atoms with Crippen molar-refractivity contribution >= 4 is 16.9 Å². The molecule has 0 spiro atoms. The standard InChI is InChI=1S/C23H17NO5/c1-14-19-8-7-18(28-22(25)16-9-11-24-12-10-16)13-20(19)29-23(26)21(14)15-3-5-17(27-2)6-4-15/h3-13H,1-2H3. The SMILES string of the molecule is COc1ccc(-c2c(C)c3ccc(OC(=O)c4ccncc4)cc3oc2=O)cc1. The topological polar surface area (TPSA) is 78.6 Å². The van der Waals surface area contributed by atoms with Gasteiger partial charge < -0.3 is 13.9 Å². The second-order valence-corrected chi connectivity index (χ2v) is 6.40. The third-order valence-corrected chi connectivity index (χ3v) is 4.64. The summed E-state index contributed by atoms with van der Waals surface area (Å²) in [6.07, 6.45) is 3.03. The molecule has 0 aliphatic carbocycles. The normalized spacial score (nSPS) is 10.7. The smallest absolute Gasteiger partial charge is 0.344 e. The Morgan fingerprint density at radius 1 is 0.966 bits per heavy atom. The van der Waals surface area contributed by atoms with Gasteiger partial charge >= 0.3 is 11.6 Å². The van der Waals surface area contributed by atoms with Crippen LogP contribution in [-0.2, 0) is 0 Å². The maximum absolute atomic E-state index is 12.7. The average Bonchev–Trinajstić information content (AvgIpc) is 2.74. The first-order valence-electron chi connectivity index (χ1n) is 8.91. The van der Waals surface area contributed by atoms with Gasteiger partial charge in [0.05, 0.1) is 18.2 Å². The Morgan fingerprint density at radius 3 is 2.34 bits per heavy atom. The Morgan fingerprint density at radius 2 is 1.66 bits per heavy atom. The Balaban J connectivity index is 1.71. The molecule has 0 bridgehead atoms. The first kappa shape index (κ1) is 18.4. The van der Waals surface area contributed by atoms with Gasteiger partial charge in [0.25, 0.3) is 0 Å². The number of esters is 1. The second-order valence-electron chi connectivity index (χ2n) is 6.40. The molecule has 0 amide bonds. The number of pyridine rings is 1. The van der Waals surface area contributed by atoms with E-state index in [2.05, 4.69) is 4.98 Å². The number of nitrogens with zero attached hydrogens (tertiary/aromatic N) is 1. The Kier molecular flexibility index (Phi) is 4.83. The minimum absolute atomic E-state index is 0.291. The molecule has 2 aromatic carbocycles. The Hall–Kier alpha value is -3.93. The summed E-state index contributed by atoms with van der Waals surface area (Å²) in [6, 6.07) is 15.3. The summed E-state index contributed by atoms with van der Waals surface area (Å²) in [5.41, 5.74) is 2.29. The number of hydrogen-bond acceptors (Lipinski definition) is 6. The lowest BCUT2D eigenvalue weighted by molar-refractivity contribution is 0.0735. The van der Waals surface area contributed by atoms with E-state index in [1.165, 1.54) is 12.4 Å². The van der Waals surface area contributed by atoms with E-state index < -0.39 is 11.6 Å². The number of hydrogen-bond donors (Lipinski definition) is 0. The average molecular weight is 387 g/mol. The third-order valence-electron chi connectivity index (χ3n) is 4.64. The number of methoxy groups -OCH3 is 1. The van der Waals surface area contributed by atoms with Crippen molar-refractivity contribution in [2.24, 2.45) is 0 Å². The number of aryl methyl sites for hydroxylation is 1. The molecule has 4 aromatic rings. The van der Waals surface area contributed by atoms with Gasteiger partial charge in [-0.25, -0.2) is 9.59 Å². The van der Waals surface area contributed by atoms with Crippen molar-refractivity contribution in [3.8, 4) is 22.6 Å². The van der Waals surface area contributed by atoms with Gasteiger partial charge in [-0.2, -0.15) is 0 Å². The van der Waals surface area contributed by atoms with Crippen LogP contribution in [0, 0.1) is 6.92 Å². The van der Waals surface area contributed by atoms with Crippen LogP contribution in [0.5, 0.6) is 11.5 Å². The van der Waals surface area contributed by atoms with Crippen molar-refractivity contribution in [3.05, 3.63) is 88.5 Å². The predicted octanol–water partition coefficient (Wildman–Crippen LogP) is 4.39. The van der Waals surface area contributed by atoms with Crippen LogP contribution in [0.1, 0.15) is 15.9 Å². The summed E-state index contributed by atoms with van der Waals surface area (Å²) in [4.78, 5) is 28.7. The first-order valence-corrected chi connectivity index (χ1v) is 8.91. The Labute approximate surface area is 166 Å². The van der Waals surface area contributed by atoms with Gasteiger partial charge in [0.15, 0.2) is 0 Å². The van der Waals surface area contributed by atoms with Crippen molar-refractivity contribution in [1.82, 2.24) is 4.98 Å². The van der Waals surface area contributed by atoms with Crippen LogP contribution < -0.4 is 15.1 Å². The lowest BCUT2D eigenvalue weighted by atomic mass is 9.99. The van der Waals surface area contributed by atoms with Gasteiger partial charge in [0.2, 0.25) is 0 Å². The van der Waals surface area contributed by atoms with Crippen LogP contribution in [0.15, 0.2) is 76.2 Å². The molecule has 2 heterocycles. The molecule has 4 rings (SSSR count). The molecule has 0 unspecified atom stereocenters. The molecule has 29 heavy (non-hydrogen) atoms. The highest BCUT2D eigenvalue weighted by atomic mass is 16.5. The van der Waals surface area contributed by atoms with Gasteiger partial charge in [-0.15, -0.1) is 0 Å². The van der Waals surface area contributed by atoms with E-state index in [1.807, 2.05) is 19.1 Å². The second kappa shape index (κ2) is 7.59. The first-order chi connectivity index (χ1) is 14.1. The van der Waals surface area contributed by atoms with Gasteiger partial charge in [-0.05, 0) is 54.4 Å². The van der Waals surface area contributed by atoms with Crippen molar-refractivity contribution in [3.63, 3.8) is 0 Å². The molecule has 6 heteroatoms. The number of benzene rings is 2. The number of carbonyl (C=O) groups is 1. The van der Waals surface area contributed by atoms with E-state index in [4.69, 9.17) is 13.9 Å². The number of fused-ring (bicyclic) bond motifs is 1. The van der Waals surface area contributed by atoms with E-state index in [-0.39, 0.29) is 0 Å². The fourth-order valence-corrected chi connectivity index (χ4v) is 3.15. The Bertz CT molecular complexity index is 1240. The molecule has 144 valence electrons. The van der Waals surface area contributed by atoms with E-state index in [1.54, 1.807) is 49.6 Å². The van der Waals surface area contributed by atoms with E-state index in [0.29, 0.717) is 28.2 Å². The highest BCUT2D eigenvalue weighted by molar-refractivity contribution is 5.92. The molecule has 0 aliphatic heterocycles.